The molecule has 2 aromatic heterocycles. The van der Waals surface area contributed by atoms with Gasteiger partial charge in [0.15, 0.2) is 11.6 Å². The molecular formula is C17H17FN6. The van der Waals surface area contributed by atoms with Crippen molar-refractivity contribution in [3.05, 3.63) is 41.9 Å². The van der Waals surface area contributed by atoms with Crippen molar-refractivity contribution in [2.24, 2.45) is 0 Å². The van der Waals surface area contributed by atoms with Crippen LogP contribution in [-0.2, 0) is 6.42 Å². The van der Waals surface area contributed by atoms with Crippen LogP contribution in [0.2, 0.25) is 0 Å². The first-order chi connectivity index (χ1) is 11.7. The number of aromatic nitrogens is 3. The largest absolute Gasteiger partial charge is 0.361 e. The number of anilines is 2. The van der Waals surface area contributed by atoms with Gasteiger partial charge in [-0.05, 0) is 25.0 Å². The summed E-state index contributed by atoms with van der Waals surface area (Å²) < 4.78 is 14.5. The monoisotopic (exact) mass is 324 g/mol. The summed E-state index contributed by atoms with van der Waals surface area (Å²) in [4.78, 5) is 16.6. The quantitative estimate of drug-likeness (QED) is 0.859. The molecule has 3 aliphatic heterocycles. The maximum absolute atomic E-state index is 14.5. The van der Waals surface area contributed by atoms with Crippen LogP contribution in [0.15, 0.2) is 24.7 Å². The molecule has 5 heterocycles. The van der Waals surface area contributed by atoms with Crippen LogP contribution < -0.4 is 9.80 Å². The highest BCUT2D eigenvalue weighted by molar-refractivity contribution is 5.55. The molecule has 6 nitrogen and oxygen atoms in total. The minimum Gasteiger partial charge on any atom is -0.361 e. The lowest BCUT2D eigenvalue weighted by molar-refractivity contribution is 0.288. The Morgan fingerprint density at radius 2 is 2.04 bits per heavy atom. The van der Waals surface area contributed by atoms with Gasteiger partial charge in [0.1, 0.15) is 18.1 Å². The van der Waals surface area contributed by atoms with Crippen LogP contribution in [0.3, 0.4) is 0 Å². The van der Waals surface area contributed by atoms with E-state index >= 15 is 0 Å². The second-order valence-corrected chi connectivity index (χ2v) is 6.18. The van der Waals surface area contributed by atoms with Crippen molar-refractivity contribution in [2.75, 3.05) is 22.9 Å². The average molecular weight is 324 g/mol. The molecule has 2 aromatic rings. The summed E-state index contributed by atoms with van der Waals surface area (Å²) in [6.07, 6.45) is 4.84. The molecule has 0 saturated carbocycles. The van der Waals surface area contributed by atoms with E-state index in [2.05, 4.69) is 19.9 Å². The molecule has 0 aliphatic carbocycles. The molecule has 0 N–H and O–H groups in total. The van der Waals surface area contributed by atoms with E-state index in [0.29, 0.717) is 35.7 Å². The highest BCUT2D eigenvalue weighted by Gasteiger charge is 2.45. The topological polar surface area (TPSA) is 68.9 Å². The number of piperazine rings is 1. The van der Waals surface area contributed by atoms with Gasteiger partial charge in [0, 0.05) is 25.2 Å². The van der Waals surface area contributed by atoms with Gasteiger partial charge in [0.25, 0.3) is 0 Å². The fourth-order valence-corrected chi connectivity index (χ4v) is 3.67. The zero-order valence-electron chi connectivity index (χ0n) is 13.4. The molecule has 0 aromatic carbocycles. The minimum absolute atomic E-state index is 0.298. The summed E-state index contributed by atoms with van der Waals surface area (Å²) in [6.45, 7) is 3.35. The minimum atomic E-state index is -0.298. The Balaban J connectivity index is 1.53. The Morgan fingerprint density at radius 1 is 1.25 bits per heavy atom. The van der Waals surface area contributed by atoms with E-state index in [0.717, 1.165) is 25.2 Å². The van der Waals surface area contributed by atoms with Gasteiger partial charge in [0.05, 0.1) is 17.6 Å². The lowest BCUT2D eigenvalue weighted by Crippen LogP contribution is -2.69. The summed E-state index contributed by atoms with van der Waals surface area (Å²) in [5.74, 6) is 0.113. The molecule has 0 amide bonds. The average Bonchev–Trinajstić information content (AvgIpc) is 2.62. The third-order valence-corrected chi connectivity index (χ3v) is 4.83. The van der Waals surface area contributed by atoms with E-state index in [1.54, 1.807) is 12.3 Å². The molecule has 0 radical (unpaired) electrons. The number of hydrogen-bond donors (Lipinski definition) is 0. The van der Waals surface area contributed by atoms with Crippen molar-refractivity contribution in [3.8, 4) is 6.07 Å². The first-order valence-corrected chi connectivity index (χ1v) is 8.10. The first kappa shape index (κ1) is 14.8. The summed E-state index contributed by atoms with van der Waals surface area (Å²) >= 11 is 0. The fourth-order valence-electron chi connectivity index (χ4n) is 3.67. The summed E-state index contributed by atoms with van der Waals surface area (Å²) in [7, 11) is 0. The maximum atomic E-state index is 14.5. The fraction of sp³-hybridized carbons (Fsp3) is 0.412. The molecule has 2 atom stereocenters. The molecule has 2 unspecified atom stereocenters. The van der Waals surface area contributed by atoms with Crippen LogP contribution in [0.4, 0.5) is 15.9 Å². The highest BCUT2D eigenvalue weighted by Crippen LogP contribution is 2.38. The van der Waals surface area contributed by atoms with Crippen LogP contribution >= 0.6 is 0 Å². The molecule has 24 heavy (non-hydrogen) atoms. The molecule has 5 rings (SSSR count). The Bertz CT molecular complexity index is 788. The van der Waals surface area contributed by atoms with E-state index in [1.165, 1.54) is 6.33 Å². The lowest BCUT2D eigenvalue weighted by atomic mass is 9.86. The smallest absolute Gasteiger partial charge is 0.187 e. The number of nitriles is 1. The SMILES string of the molecule is CCc1ncnc(N2CC3CC(C2)N3c2ccc(C#N)nc2)c1F. The summed E-state index contributed by atoms with van der Waals surface area (Å²) in [5.41, 5.74) is 1.90. The van der Waals surface area contributed by atoms with Crippen LogP contribution in [0.5, 0.6) is 0 Å². The zero-order chi connectivity index (χ0) is 16.7. The van der Waals surface area contributed by atoms with Gasteiger partial charge >= 0.3 is 0 Å². The van der Waals surface area contributed by atoms with Crippen LogP contribution in [-0.4, -0.2) is 40.1 Å². The van der Waals surface area contributed by atoms with Crippen molar-refractivity contribution < 1.29 is 4.39 Å². The number of fused-ring (bicyclic) bond motifs is 2. The predicted octanol–water partition coefficient (Wildman–Crippen LogP) is 1.91. The Morgan fingerprint density at radius 3 is 2.67 bits per heavy atom. The van der Waals surface area contributed by atoms with Crippen LogP contribution in [0.1, 0.15) is 24.7 Å². The van der Waals surface area contributed by atoms with Crippen molar-refractivity contribution in [2.45, 2.75) is 31.8 Å². The van der Waals surface area contributed by atoms with E-state index in [9.17, 15) is 4.39 Å². The summed E-state index contributed by atoms with van der Waals surface area (Å²) in [6, 6.07) is 6.33. The molecule has 122 valence electrons. The molecular weight excluding hydrogens is 307 g/mol. The van der Waals surface area contributed by atoms with Crippen molar-refractivity contribution in [1.29, 1.82) is 5.26 Å². The van der Waals surface area contributed by atoms with Crippen LogP contribution in [0, 0.1) is 17.1 Å². The molecule has 3 aliphatic rings. The van der Waals surface area contributed by atoms with Crippen molar-refractivity contribution >= 4 is 11.5 Å². The van der Waals surface area contributed by atoms with E-state index in [1.807, 2.05) is 24.0 Å². The molecule has 3 fully saturated rings. The van der Waals surface area contributed by atoms with Gasteiger partial charge in [-0.2, -0.15) is 5.26 Å². The number of nitrogens with zero attached hydrogens (tertiary/aromatic N) is 6. The van der Waals surface area contributed by atoms with E-state index < -0.39 is 0 Å². The van der Waals surface area contributed by atoms with Crippen LogP contribution in [0.25, 0.3) is 0 Å². The van der Waals surface area contributed by atoms with E-state index in [-0.39, 0.29) is 5.82 Å². The first-order valence-electron chi connectivity index (χ1n) is 8.10. The lowest BCUT2D eigenvalue weighted by Gasteiger charge is -2.57. The zero-order valence-corrected chi connectivity index (χ0v) is 13.4. The second kappa shape index (κ2) is 5.71. The second-order valence-electron chi connectivity index (χ2n) is 6.18. The molecule has 0 spiro atoms. The van der Waals surface area contributed by atoms with Gasteiger partial charge < -0.3 is 9.80 Å². The van der Waals surface area contributed by atoms with Gasteiger partial charge in [0.2, 0.25) is 0 Å². The number of hydrogen-bond acceptors (Lipinski definition) is 6. The Hall–Kier alpha value is -2.75. The van der Waals surface area contributed by atoms with Gasteiger partial charge in [-0.1, -0.05) is 6.92 Å². The van der Waals surface area contributed by atoms with Crippen molar-refractivity contribution in [1.82, 2.24) is 15.0 Å². The predicted molar refractivity (Wildman–Crippen MR) is 87.2 cm³/mol. The highest BCUT2D eigenvalue weighted by atomic mass is 19.1. The molecule has 2 bridgehead atoms. The van der Waals surface area contributed by atoms with E-state index in [4.69, 9.17) is 5.26 Å². The standard InChI is InChI=1S/C17H17FN6/c1-2-15-16(18)17(22-10-21-15)23-8-13-5-14(9-23)24(13)12-4-3-11(6-19)20-7-12/h3-4,7,10,13-14H,2,5,8-9H2,1H3. The third-order valence-electron chi connectivity index (χ3n) is 4.83. The normalized spacial score (nSPS) is 22.0. The number of halogens is 1. The number of pyridine rings is 1. The van der Waals surface area contributed by atoms with Gasteiger partial charge in [-0.15, -0.1) is 0 Å². The number of rotatable bonds is 3. The maximum Gasteiger partial charge on any atom is 0.187 e. The van der Waals surface area contributed by atoms with Gasteiger partial charge in [-0.25, -0.2) is 19.3 Å². The third kappa shape index (κ3) is 2.26. The molecule has 3 saturated heterocycles. The summed E-state index contributed by atoms with van der Waals surface area (Å²) in [5, 5.41) is 8.85. The number of piperidine rings is 1. The number of aryl methyl sites for hydroxylation is 1. The van der Waals surface area contributed by atoms with Crippen molar-refractivity contribution in [3.63, 3.8) is 0 Å². The Kier molecular flexibility index (Phi) is 3.53. The Labute approximate surface area is 139 Å². The molecule has 7 heteroatoms. The van der Waals surface area contributed by atoms with Gasteiger partial charge in [-0.3, -0.25) is 0 Å².